The Morgan fingerprint density at radius 1 is 0.929 bits per heavy atom. The van der Waals surface area contributed by atoms with Crippen LogP contribution in [0.15, 0.2) is 0 Å². The van der Waals surface area contributed by atoms with Crippen molar-refractivity contribution in [2.45, 2.75) is 134 Å². The molecule has 3 aliphatic heterocycles. The molecule has 10 nitrogen and oxygen atoms in total. The first-order valence-electron chi connectivity index (χ1n) is 16.3. The van der Waals surface area contributed by atoms with E-state index in [1.54, 1.807) is 16.8 Å². The van der Waals surface area contributed by atoms with Crippen molar-refractivity contribution in [3.8, 4) is 0 Å². The number of carbonyl (C=O) groups is 4. The topological polar surface area (TPSA) is 108 Å². The molecule has 3 fully saturated rings. The van der Waals surface area contributed by atoms with Crippen molar-refractivity contribution in [3.05, 3.63) is 0 Å². The van der Waals surface area contributed by atoms with E-state index in [1.807, 2.05) is 20.8 Å². The number of nitrogens with one attached hydrogen (secondary N) is 1. The average molecular weight is 609 g/mol. The third-order valence-electron chi connectivity index (χ3n) is 9.42. The molecule has 4 amide bonds. The molecule has 4 atom stereocenters. The first kappa shape index (κ1) is 34.3. The smallest absolute Gasteiger partial charge is 0.410 e. The molecular formula is C31H56N4O6Si. The predicted molar refractivity (Wildman–Crippen MR) is 165 cm³/mol. The lowest BCUT2D eigenvalue weighted by Crippen LogP contribution is -2.53. The Morgan fingerprint density at radius 3 is 2.19 bits per heavy atom. The molecule has 240 valence electrons. The number of nitrogens with zero attached hydrogens (tertiary/aromatic N) is 3. The fourth-order valence-corrected chi connectivity index (χ4v) is 11.8. The fourth-order valence-electron chi connectivity index (χ4n) is 6.78. The number of likely N-dealkylation sites (N-methyl/N-ethyl adjacent to an activating group) is 1. The number of hydrogen-bond donors (Lipinski definition) is 1. The van der Waals surface area contributed by atoms with Gasteiger partial charge in [-0.15, -0.1) is 0 Å². The van der Waals surface area contributed by atoms with Gasteiger partial charge >= 0.3 is 6.09 Å². The van der Waals surface area contributed by atoms with Gasteiger partial charge in [-0.3, -0.25) is 19.3 Å². The summed E-state index contributed by atoms with van der Waals surface area (Å²) in [7, 11) is 0.232. The fraction of sp³-hybridized carbons (Fsp3) is 0.871. The van der Waals surface area contributed by atoms with Crippen LogP contribution in [0.2, 0.25) is 17.1 Å². The van der Waals surface area contributed by atoms with Crippen molar-refractivity contribution in [1.29, 1.82) is 0 Å². The quantitative estimate of drug-likeness (QED) is 0.227. The summed E-state index contributed by atoms with van der Waals surface area (Å²) in [6.07, 6.45) is 6.23. The van der Waals surface area contributed by atoms with Gasteiger partial charge in [-0.25, -0.2) is 4.79 Å². The second kappa shape index (κ2) is 15.0. The minimum absolute atomic E-state index is 0.0481. The van der Waals surface area contributed by atoms with Gasteiger partial charge in [0.1, 0.15) is 17.7 Å². The van der Waals surface area contributed by atoms with Crippen LogP contribution in [0.1, 0.15) is 99.3 Å². The van der Waals surface area contributed by atoms with E-state index in [-0.39, 0.29) is 17.7 Å². The molecule has 3 aliphatic rings. The molecule has 0 radical (unpaired) electrons. The molecule has 3 saturated heterocycles. The Hall–Kier alpha value is -2.14. The zero-order chi connectivity index (χ0) is 31.1. The molecule has 11 heteroatoms. The van der Waals surface area contributed by atoms with Gasteiger partial charge < -0.3 is 24.3 Å². The van der Waals surface area contributed by atoms with Crippen molar-refractivity contribution >= 4 is 32.1 Å². The monoisotopic (exact) mass is 608 g/mol. The first-order chi connectivity index (χ1) is 19.8. The lowest BCUT2D eigenvalue weighted by molar-refractivity contribution is -0.145. The molecule has 3 rings (SSSR count). The van der Waals surface area contributed by atoms with Gasteiger partial charge in [0.2, 0.25) is 17.7 Å². The molecule has 0 aliphatic carbocycles. The number of unbranched alkanes of at least 4 members (excludes halogenated alkanes) is 2. The van der Waals surface area contributed by atoms with E-state index in [2.05, 4.69) is 26.1 Å². The van der Waals surface area contributed by atoms with Crippen molar-refractivity contribution < 1.29 is 28.3 Å². The molecule has 0 aromatic rings. The van der Waals surface area contributed by atoms with Crippen LogP contribution < -0.4 is 5.32 Å². The van der Waals surface area contributed by atoms with Crippen molar-refractivity contribution in [3.63, 3.8) is 0 Å². The zero-order valence-electron chi connectivity index (χ0n) is 27.2. The summed E-state index contributed by atoms with van der Waals surface area (Å²) in [5.74, 6) is -0.103. The predicted octanol–water partition coefficient (Wildman–Crippen LogP) is 4.68. The highest BCUT2D eigenvalue weighted by atomic mass is 28.4. The largest absolute Gasteiger partial charge is 0.444 e. The maximum Gasteiger partial charge on any atom is 0.410 e. The summed E-state index contributed by atoms with van der Waals surface area (Å²) in [5.41, 5.74) is 0.809. The van der Waals surface area contributed by atoms with E-state index < -0.39 is 32.1 Å². The second-order valence-corrected chi connectivity index (χ2v) is 18.0. The molecule has 0 saturated carbocycles. The van der Waals surface area contributed by atoms with Crippen LogP contribution in [0.3, 0.4) is 0 Å². The number of rotatable bonds is 14. The van der Waals surface area contributed by atoms with E-state index in [1.165, 1.54) is 4.90 Å². The maximum absolute atomic E-state index is 13.5. The molecular weight excluding hydrogens is 552 g/mol. The third-order valence-corrected chi connectivity index (χ3v) is 15.1. The molecule has 0 spiro atoms. The zero-order valence-corrected chi connectivity index (χ0v) is 28.2. The van der Waals surface area contributed by atoms with Gasteiger partial charge in [0.05, 0.1) is 0 Å². The van der Waals surface area contributed by atoms with Crippen molar-refractivity contribution in [2.24, 2.45) is 0 Å². The Bertz CT molecular complexity index is 948. The van der Waals surface area contributed by atoms with E-state index >= 15 is 0 Å². The van der Waals surface area contributed by atoms with E-state index in [0.29, 0.717) is 45.4 Å². The second-order valence-electron chi connectivity index (χ2n) is 13.5. The molecule has 1 N–H and O–H groups in total. The third kappa shape index (κ3) is 8.71. The number of amides is 4. The normalized spacial score (nSPS) is 27.2. The highest BCUT2D eigenvalue weighted by molar-refractivity contribution is 6.87. The van der Waals surface area contributed by atoms with Crippen molar-refractivity contribution in [1.82, 2.24) is 20.0 Å². The van der Waals surface area contributed by atoms with Crippen LogP contribution in [-0.4, -0.2) is 104 Å². The summed E-state index contributed by atoms with van der Waals surface area (Å²) < 4.78 is 11.7. The summed E-state index contributed by atoms with van der Waals surface area (Å²) in [5, 5.41) is 3.06. The molecule has 2 unspecified atom stereocenters. The Morgan fingerprint density at radius 2 is 1.57 bits per heavy atom. The highest BCUT2D eigenvalue weighted by Crippen LogP contribution is 2.61. The van der Waals surface area contributed by atoms with Gasteiger partial charge in [0, 0.05) is 46.3 Å². The van der Waals surface area contributed by atoms with Crippen LogP contribution >= 0.6 is 0 Å². The molecule has 3 heterocycles. The Kier molecular flexibility index (Phi) is 12.3. The molecule has 0 aromatic heterocycles. The number of carbonyl (C=O) groups excluding carboxylic acids is 4. The lowest BCUT2D eigenvalue weighted by atomic mass is 10.1. The van der Waals surface area contributed by atoms with E-state index in [0.717, 1.165) is 62.3 Å². The van der Waals surface area contributed by atoms with Crippen LogP contribution in [0.25, 0.3) is 0 Å². The van der Waals surface area contributed by atoms with Crippen LogP contribution in [0.4, 0.5) is 4.79 Å². The summed E-state index contributed by atoms with van der Waals surface area (Å²) in [6.45, 7) is 15.2. The Labute approximate surface area is 254 Å². The minimum atomic E-state index is -1.56. The van der Waals surface area contributed by atoms with Gasteiger partial charge in [0.25, 0.3) is 0 Å². The van der Waals surface area contributed by atoms with Gasteiger partial charge in [-0.1, -0.05) is 20.3 Å². The number of hydrogen-bond acceptors (Lipinski definition) is 6. The summed E-state index contributed by atoms with van der Waals surface area (Å²) in [4.78, 5) is 56.7. The number of likely N-dealkylation sites (tertiary alicyclic amines) is 2. The van der Waals surface area contributed by atoms with E-state index in [9.17, 15) is 19.2 Å². The van der Waals surface area contributed by atoms with E-state index in [4.69, 9.17) is 9.16 Å². The Balaban J connectivity index is 1.34. The highest BCUT2D eigenvalue weighted by Gasteiger charge is 2.62. The van der Waals surface area contributed by atoms with Crippen molar-refractivity contribution in [2.75, 3.05) is 39.8 Å². The standard InChI is InChI=1S/C31H56N4O6Si/c1-8-40-42(23(2)24(42)3)22-14-18-32-27(36)17-10-9-11-19-33(7)28(37)25-15-12-20-34(25)29(38)26-16-13-21-35(26)30(39)41-31(4,5)6/h23-26H,8-22H2,1-7H3,(H,32,36)/t23?,24?,25-,26-,42?/m0/s1. The lowest BCUT2D eigenvalue weighted by Gasteiger charge is -2.33. The molecule has 0 aromatic carbocycles. The number of ether oxygens (including phenoxy) is 1. The van der Waals surface area contributed by atoms with Gasteiger partial charge in [0.15, 0.2) is 8.32 Å². The first-order valence-corrected chi connectivity index (χ1v) is 18.5. The summed E-state index contributed by atoms with van der Waals surface area (Å²) >= 11 is 0. The van der Waals surface area contributed by atoms with Gasteiger partial charge in [-0.05, 0) is 89.8 Å². The van der Waals surface area contributed by atoms with Crippen LogP contribution in [0.5, 0.6) is 0 Å². The SMILES string of the molecule is CCO[Si]1(CCCNC(=O)CCCCCN(C)C(=O)[C@@H]2CCCN2C(=O)[C@@H]2CCCN2C(=O)OC(C)(C)C)C(C)C1C. The molecule has 42 heavy (non-hydrogen) atoms. The average Bonchev–Trinajstić information content (AvgIpc) is 3.41. The van der Waals surface area contributed by atoms with Gasteiger partial charge in [-0.2, -0.15) is 0 Å². The van der Waals surface area contributed by atoms with Crippen LogP contribution in [0, 0.1) is 0 Å². The maximum atomic E-state index is 13.5. The molecule has 0 bridgehead atoms. The summed E-state index contributed by atoms with van der Waals surface area (Å²) in [6, 6.07) is 0.0653. The van der Waals surface area contributed by atoms with Crippen LogP contribution in [-0.2, 0) is 23.5 Å². The minimum Gasteiger partial charge on any atom is -0.444 e.